The number of aliphatic hydroxyl groups excluding tert-OH is 5. The molecule has 1 rings (SSSR count). The number of hydrogen-bond donors (Lipinski definition) is 6. The van der Waals surface area contributed by atoms with Gasteiger partial charge in [-0.05, 0) is 6.42 Å². The number of carbonyl (C=O) groups excluding carboxylic acids is 1. The van der Waals surface area contributed by atoms with Crippen LogP contribution in [-0.4, -0.2) is 87.5 Å². The zero-order chi connectivity index (χ0) is 17.6. The van der Waals surface area contributed by atoms with Crippen molar-refractivity contribution in [2.75, 3.05) is 13.2 Å². The third kappa shape index (κ3) is 5.64. The van der Waals surface area contributed by atoms with Crippen molar-refractivity contribution in [1.82, 2.24) is 5.32 Å². The molecule has 1 heterocycles. The van der Waals surface area contributed by atoms with Gasteiger partial charge in [-0.25, -0.2) is 0 Å². The Bertz CT molecular complexity index is 367. The molecule has 1 aliphatic rings. The summed E-state index contributed by atoms with van der Waals surface area (Å²) < 4.78 is 10.5. The molecule has 0 aromatic heterocycles. The second kappa shape index (κ2) is 9.48. The van der Waals surface area contributed by atoms with Crippen LogP contribution in [0.1, 0.15) is 26.7 Å². The smallest absolute Gasteiger partial charge is 0.217 e. The first-order valence-corrected chi connectivity index (χ1v) is 7.69. The highest BCUT2D eigenvalue weighted by molar-refractivity contribution is 5.73. The predicted octanol–water partition coefficient (Wildman–Crippen LogP) is -2.53. The molecule has 1 saturated heterocycles. The van der Waals surface area contributed by atoms with Crippen molar-refractivity contribution < 1.29 is 39.8 Å². The highest BCUT2D eigenvalue weighted by Crippen LogP contribution is 2.22. The van der Waals surface area contributed by atoms with E-state index in [1.807, 2.05) is 6.92 Å². The molecule has 7 atom stereocenters. The van der Waals surface area contributed by atoms with Crippen LogP contribution in [0.4, 0.5) is 0 Å². The lowest BCUT2D eigenvalue weighted by molar-refractivity contribution is -0.302. The normalized spacial score (nSPS) is 34.0. The van der Waals surface area contributed by atoms with Crippen LogP contribution in [0.3, 0.4) is 0 Å². The summed E-state index contributed by atoms with van der Waals surface area (Å²) in [6.07, 6.45) is -6.57. The number of nitrogens with one attached hydrogen (secondary N) is 1. The Morgan fingerprint density at radius 3 is 2.43 bits per heavy atom. The molecule has 1 fully saturated rings. The highest BCUT2D eigenvalue weighted by atomic mass is 16.7. The van der Waals surface area contributed by atoms with Crippen molar-refractivity contribution >= 4 is 5.91 Å². The highest BCUT2D eigenvalue weighted by Gasteiger charge is 2.44. The van der Waals surface area contributed by atoms with Crippen LogP contribution >= 0.6 is 0 Å². The minimum atomic E-state index is -1.54. The van der Waals surface area contributed by atoms with E-state index in [0.29, 0.717) is 12.8 Å². The monoisotopic (exact) mass is 337 g/mol. The summed E-state index contributed by atoms with van der Waals surface area (Å²) in [5.74, 6) is -0.345. The molecule has 9 nitrogen and oxygen atoms in total. The average molecular weight is 337 g/mol. The zero-order valence-corrected chi connectivity index (χ0v) is 13.3. The van der Waals surface area contributed by atoms with Crippen LogP contribution < -0.4 is 5.32 Å². The zero-order valence-electron chi connectivity index (χ0n) is 13.3. The first kappa shape index (κ1) is 20.2. The largest absolute Gasteiger partial charge is 0.394 e. The Balaban J connectivity index is 2.65. The molecule has 23 heavy (non-hydrogen) atoms. The van der Waals surface area contributed by atoms with Crippen molar-refractivity contribution in [2.24, 2.45) is 0 Å². The van der Waals surface area contributed by atoms with E-state index >= 15 is 0 Å². The average Bonchev–Trinajstić information content (AvgIpc) is 2.50. The van der Waals surface area contributed by atoms with Crippen molar-refractivity contribution in [1.29, 1.82) is 0 Å². The van der Waals surface area contributed by atoms with Gasteiger partial charge in [0.25, 0.3) is 0 Å². The fourth-order valence-corrected chi connectivity index (χ4v) is 2.41. The van der Waals surface area contributed by atoms with Gasteiger partial charge in [-0.2, -0.15) is 0 Å². The van der Waals surface area contributed by atoms with Crippen LogP contribution in [0.15, 0.2) is 0 Å². The molecule has 6 N–H and O–H groups in total. The van der Waals surface area contributed by atoms with Crippen molar-refractivity contribution in [3.05, 3.63) is 0 Å². The minimum absolute atomic E-state index is 0.163. The molecule has 0 aliphatic carbocycles. The number of amides is 1. The van der Waals surface area contributed by atoms with Crippen molar-refractivity contribution in [2.45, 2.75) is 69.5 Å². The Morgan fingerprint density at radius 1 is 1.26 bits per heavy atom. The van der Waals surface area contributed by atoms with Crippen LogP contribution in [-0.2, 0) is 14.3 Å². The van der Waals surface area contributed by atoms with Gasteiger partial charge in [-0.15, -0.1) is 0 Å². The number of rotatable bonds is 8. The Kier molecular flexibility index (Phi) is 8.34. The summed E-state index contributed by atoms with van der Waals surface area (Å²) in [6.45, 7) is 2.47. The van der Waals surface area contributed by atoms with E-state index < -0.39 is 49.5 Å². The second-order valence-corrected chi connectivity index (χ2v) is 5.69. The SMILES string of the molecule is CCCC(O)C(COC1OC(CO)C(O)C(O)C1O)NC(C)=O. The van der Waals surface area contributed by atoms with Gasteiger partial charge in [-0.3, -0.25) is 4.79 Å². The van der Waals surface area contributed by atoms with E-state index in [-0.39, 0.29) is 12.5 Å². The lowest BCUT2D eigenvalue weighted by Gasteiger charge is -2.40. The summed E-state index contributed by atoms with van der Waals surface area (Å²) in [6, 6.07) is -0.709. The molecule has 0 radical (unpaired) electrons. The number of ether oxygens (including phenoxy) is 2. The standard InChI is InChI=1S/C14H27NO8/c1-3-4-9(18)8(15-7(2)17)6-22-14-13(21)12(20)11(19)10(5-16)23-14/h8-14,16,18-21H,3-6H2,1-2H3,(H,15,17). The fraction of sp³-hybridized carbons (Fsp3) is 0.929. The molecule has 136 valence electrons. The van der Waals surface area contributed by atoms with E-state index in [1.165, 1.54) is 6.92 Å². The molecule has 0 aromatic rings. The maximum Gasteiger partial charge on any atom is 0.217 e. The molecular formula is C14H27NO8. The van der Waals surface area contributed by atoms with Crippen LogP contribution in [0.2, 0.25) is 0 Å². The first-order valence-electron chi connectivity index (χ1n) is 7.69. The third-order valence-corrected chi connectivity index (χ3v) is 3.73. The van der Waals surface area contributed by atoms with E-state index in [2.05, 4.69) is 5.32 Å². The third-order valence-electron chi connectivity index (χ3n) is 3.73. The molecule has 0 bridgehead atoms. The van der Waals surface area contributed by atoms with E-state index in [4.69, 9.17) is 14.6 Å². The fourth-order valence-electron chi connectivity index (χ4n) is 2.41. The Labute approximate surface area is 134 Å². The van der Waals surface area contributed by atoms with E-state index in [1.54, 1.807) is 0 Å². The van der Waals surface area contributed by atoms with Crippen LogP contribution in [0.25, 0.3) is 0 Å². The Hall–Kier alpha value is -0.810. The lowest BCUT2D eigenvalue weighted by atomic mass is 9.99. The maximum atomic E-state index is 11.2. The lowest BCUT2D eigenvalue weighted by Crippen LogP contribution is -2.60. The molecular weight excluding hydrogens is 310 g/mol. The van der Waals surface area contributed by atoms with Gasteiger partial charge >= 0.3 is 0 Å². The maximum absolute atomic E-state index is 11.2. The molecule has 1 amide bonds. The summed E-state index contributed by atoms with van der Waals surface area (Å²) in [4.78, 5) is 11.2. The number of hydrogen-bond acceptors (Lipinski definition) is 8. The summed E-state index contributed by atoms with van der Waals surface area (Å²) in [5.41, 5.74) is 0. The second-order valence-electron chi connectivity index (χ2n) is 5.69. The van der Waals surface area contributed by atoms with Gasteiger partial charge in [-0.1, -0.05) is 13.3 Å². The van der Waals surface area contributed by atoms with Crippen LogP contribution in [0.5, 0.6) is 0 Å². The van der Waals surface area contributed by atoms with Gasteiger partial charge in [0.15, 0.2) is 6.29 Å². The summed E-state index contributed by atoms with van der Waals surface area (Å²) >= 11 is 0. The van der Waals surface area contributed by atoms with E-state index in [0.717, 1.165) is 0 Å². The molecule has 1 aliphatic heterocycles. The molecule has 0 aromatic carbocycles. The molecule has 9 heteroatoms. The number of carbonyl (C=O) groups is 1. The summed E-state index contributed by atoms with van der Waals surface area (Å²) in [5, 5.41) is 50.9. The minimum Gasteiger partial charge on any atom is -0.394 e. The van der Waals surface area contributed by atoms with Crippen molar-refractivity contribution in [3.63, 3.8) is 0 Å². The molecule has 0 spiro atoms. The number of aliphatic hydroxyl groups is 5. The Morgan fingerprint density at radius 2 is 1.91 bits per heavy atom. The van der Waals surface area contributed by atoms with Gasteiger partial charge in [0, 0.05) is 6.92 Å². The van der Waals surface area contributed by atoms with Gasteiger partial charge in [0.2, 0.25) is 5.91 Å². The summed E-state index contributed by atoms with van der Waals surface area (Å²) in [7, 11) is 0. The predicted molar refractivity (Wildman–Crippen MR) is 78.2 cm³/mol. The topological polar surface area (TPSA) is 149 Å². The molecule has 0 saturated carbocycles. The van der Waals surface area contributed by atoms with E-state index in [9.17, 15) is 25.2 Å². The first-order chi connectivity index (χ1) is 10.8. The van der Waals surface area contributed by atoms with Gasteiger partial charge in [0.05, 0.1) is 25.4 Å². The van der Waals surface area contributed by atoms with Gasteiger partial charge < -0.3 is 40.3 Å². The quantitative estimate of drug-likeness (QED) is 0.284. The molecule has 7 unspecified atom stereocenters. The van der Waals surface area contributed by atoms with Crippen LogP contribution in [0, 0.1) is 0 Å². The van der Waals surface area contributed by atoms with Gasteiger partial charge in [0.1, 0.15) is 24.4 Å². The van der Waals surface area contributed by atoms with Crippen molar-refractivity contribution in [3.8, 4) is 0 Å².